The van der Waals surface area contributed by atoms with E-state index >= 15 is 0 Å². The average Bonchev–Trinajstić information content (AvgIpc) is 2.63. The maximum atomic E-state index is 5.89. The lowest BCUT2D eigenvalue weighted by Crippen LogP contribution is -1.98. The Morgan fingerprint density at radius 3 is 2.62 bits per heavy atom. The molecule has 0 aliphatic carbocycles. The fourth-order valence-corrected chi connectivity index (χ4v) is 3.35. The number of anilines is 1. The summed E-state index contributed by atoms with van der Waals surface area (Å²) in [6.07, 6.45) is 0. The van der Waals surface area contributed by atoms with Crippen molar-refractivity contribution in [1.29, 1.82) is 0 Å². The fourth-order valence-electron chi connectivity index (χ4n) is 1.26. The zero-order valence-corrected chi connectivity index (χ0v) is 12.6. The highest BCUT2D eigenvalue weighted by Gasteiger charge is 2.02. The Kier molecular flexibility index (Phi) is 4.35. The monoisotopic (exact) mass is 383 g/mol. The fraction of sp³-hybridized carbons (Fsp3) is 0.0909. The van der Waals surface area contributed by atoms with Gasteiger partial charge in [-0.2, -0.15) is 0 Å². The zero-order valence-electron chi connectivity index (χ0n) is 8.14. The summed E-state index contributed by atoms with van der Waals surface area (Å²) in [6, 6.07) is 9.75. The molecule has 0 unspecified atom stereocenters. The van der Waals surface area contributed by atoms with Gasteiger partial charge in [-0.3, -0.25) is 0 Å². The first-order valence-corrected chi connectivity index (χ1v) is 7.23. The number of nitrogens with one attached hydrogen (secondary N) is 1. The molecule has 0 amide bonds. The van der Waals surface area contributed by atoms with Crippen molar-refractivity contribution in [3.63, 3.8) is 0 Å². The quantitative estimate of drug-likeness (QED) is 0.711. The van der Waals surface area contributed by atoms with Crippen LogP contribution in [0.5, 0.6) is 0 Å². The Labute approximate surface area is 122 Å². The summed E-state index contributed by atoms with van der Waals surface area (Å²) in [5.41, 5.74) is 1.09. The van der Waals surface area contributed by atoms with Crippen LogP contribution in [0.25, 0.3) is 0 Å². The van der Waals surface area contributed by atoms with Crippen LogP contribution in [0.4, 0.5) is 5.69 Å². The van der Waals surface area contributed by atoms with E-state index in [2.05, 4.69) is 27.9 Å². The molecule has 84 valence electrons. The molecule has 0 atom stereocenters. The summed E-state index contributed by atoms with van der Waals surface area (Å²) < 4.78 is 1.94. The SMILES string of the molecule is Clc1ccc(NCc2ccc(Cl)s2)c(I)c1. The molecule has 1 aromatic carbocycles. The second-order valence-corrected chi connectivity index (χ2v) is 6.58. The predicted octanol–water partition coefficient (Wildman–Crippen LogP) is 5.27. The van der Waals surface area contributed by atoms with Crippen LogP contribution in [0.1, 0.15) is 4.88 Å². The van der Waals surface area contributed by atoms with Crippen LogP contribution in [-0.2, 0) is 6.54 Å². The van der Waals surface area contributed by atoms with Crippen LogP contribution in [0.3, 0.4) is 0 Å². The van der Waals surface area contributed by atoms with E-state index in [9.17, 15) is 0 Å². The van der Waals surface area contributed by atoms with E-state index in [1.54, 1.807) is 11.3 Å². The highest BCUT2D eigenvalue weighted by atomic mass is 127. The highest BCUT2D eigenvalue weighted by Crippen LogP contribution is 2.25. The van der Waals surface area contributed by atoms with Crippen molar-refractivity contribution in [2.45, 2.75) is 6.54 Å². The molecule has 2 aromatic rings. The van der Waals surface area contributed by atoms with Crippen LogP contribution >= 0.6 is 57.1 Å². The first-order valence-electron chi connectivity index (χ1n) is 4.58. The minimum atomic E-state index is 0.758. The van der Waals surface area contributed by atoms with E-state index in [0.717, 1.165) is 25.2 Å². The van der Waals surface area contributed by atoms with E-state index in [-0.39, 0.29) is 0 Å². The molecule has 0 spiro atoms. The van der Waals surface area contributed by atoms with Gasteiger partial charge in [0, 0.05) is 25.7 Å². The van der Waals surface area contributed by atoms with Gasteiger partial charge in [0.15, 0.2) is 0 Å². The number of benzene rings is 1. The van der Waals surface area contributed by atoms with Crippen LogP contribution in [-0.4, -0.2) is 0 Å². The molecule has 1 heterocycles. The van der Waals surface area contributed by atoms with Crippen molar-refractivity contribution in [3.8, 4) is 0 Å². The summed E-state index contributed by atoms with van der Waals surface area (Å²) in [6.45, 7) is 0.787. The molecule has 0 aliphatic rings. The Morgan fingerprint density at radius 2 is 2.00 bits per heavy atom. The molecule has 0 radical (unpaired) electrons. The smallest absolute Gasteiger partial charge is 0.0931 e. The van der Waals surface area contributed by atoms with Crippen LogP contribution in [0.2, 0.25) is 9.36 Å². The Bertz CT molecular complexity index is 498. The second-order valence-electron chi connectivity index (χ2n) is 3.18. The summed E-state index contributed by atoms with van der Waals surface area (Å²) in [5.74, 6) is 0. The van der Waals surface area contributed by atoms with Gasteiger partial charge in [0.2, 0.25) is 0 Å². The van der Waals surface area contributed by atoms with Gasteiger partial charge in [0.05, 0.1) is 4.34 Å². The summed E-state index contributed by atoms with van der Waals surface area (Å²) in [5, 5.41) is 4.11. The lowest BCUT2D eigenvalue weighted by Gasteiger charge is -2.07. The van der Waals surface area contributed by atoms with Crippen LogP contribution in [0, 0.1) is 3.57 Å². The molecule has 2 rings (SSSR count). The number of halogens is 3. The van der Waals surface area contributed by atoms with Crippen molar-refractivity contribution in [1.82, 2.24) is 0 Å². The molecule has 0 bridgehead atoms. The topological polar surface area (TPSA) is 12.0 Å². The summed E-state index contributed by atoms with van der Waals surface area (Å²) >= 11 is 15.6. The molecule has 1 N–H and O–H groups in total. The number of rotatable bonds is 3. The lowest BCUT2D eigenvalue weighted by molar-refractivity contribution is 1.19. The third kappa shape index (κ3) is 3.26. The molecule has 1 nitrogen and oxygen atoms in total. The van der Waals surface area contributed by atoms with E-state index in [1.807, 2.05) is 30.3 Å². The number of hydrogen-bond donors (Lipinski definition) is 1. The molecular weight excluding hydrogens is 376 g/mol. The maximum Gasteiger partial charge on any atom is 0.0931 e. The van der Waals surface area contributed by atoms with Gasteiger partial charge in [-0.25, -0.2) is 0 Å². The minimum absolute atomic E-state index is 0.758. The second kappa shape index (κ2) is 5.58. The van der Waals surface area contributed by atoms with E-state index in [1.165, 1.54) is 4.88 Å². The van der Waals surface area contributed by atoms with E-state index in [4.69, 9.17) is 23.2 Å². The van der Waals surface area contributed by atoms with Crippen molar-refractivity contribution < 1.29 is 0 Å². The third-order valence-corrected chi connectivity index (χ3v) is 4.37. The first kappa shape index (κ1) is 12.5. The normalized spacial score (nSPS) is 10.4. The molecule has 1 aromatic heterocycles. The van der Waals surface area contributed by atoms with Crippen LogP contribution < -0.4 is 5.32 Å². The molecule has 0 saturated heterocycles. The Morgan fingerprint density at radius 1 is 1.19 bits per heavy atom. The molecule has 16 heavy (non-hydrogen) atoms. The van der Waals surface area contributed by atoms with Gasteiger partial charge >= 0.3 is 0 Å². The van der Waals surface area contributed by atoms with Crippen molar-refractivity contribution in [2.24, 2.45) is 0 Å². The molecule has 0 fully saturated rings. The van der Waals surface area contributed by atoms with Gasteiger partial charge in [-0.1, -0.05) is 23.2 Å². The number of hydrogen-bond acceptors (Lipinski definition) is 2. The average molecular weight is 384 g/mol. The van der Waals surface area contributed by atoms with Crippen molar-refractivity contribution >= 4 is 62.8 Å². The highest BCUT2D eigenvalue weighted by molar-refractivity contribution is 14.1. The first-order chi connectivity index (χ1) is 7.65. The standard InChI is InChI=1S/C11H8Cl2INS/c12-7-1-3-10(9(14)5-7)15-6-8-2-4-11(13)16-8/h1-5,15H,6H2. The molecular formula is C11H8Cl2INS. The van der Waals surface area contributed by atoms with Gasteiger partial charge in [0.25, 0.3) is 0 Å². The largest absolute Gasteiger partial charge is 0.379 e. The molecule has 0 saturated carbocycles. The summed E-state index contributed by atoms with van der Waals surface area (Å²) in [4.78, 5) is 1.22. The van der Waals surface area contributed by atoms with Gasteiger partial charge in [-0.15, -0.1) is 11.3 Å². The number of thiophene rings is 1. The third-order valence-electron chi connectivity index (χ3n) is 2.01. The summed E-state index contributed by atoms with van der Waals surface area (Å²) in [7, 11) is 0. The Hall–Kier alpha value is 0.0300. The van der Waals surface area contributed by atoms with Gasteiger partial charge < -0.3 is 5.32 Å². The molecule has 0 aliphatic heterocycles. The minimum Gasteiger partial charge on any atom is -0.379 e. The predicted molar refractivity (Wildman–Crippen MR) is 80.8 cm³/mol. The maximum absolute atomic E-state index is 5.89. The Balaban J connectivity index is 2.04. The van der Waals surface area contributed by atoms with Gasteiger partial charge in [0.1, 0.15) is 0 Å². The van der Waals surface area contributed by atoms with E-state index < -0.39 is 0 Å². The van der Waals surface area contributed by atoms with Gasteiger partial charge in [-0.05, 0) is 52.9 Å². The van der Waals surface area contributed by atoms with E-state index in [0.29, 0.717) is 0 Å². The van der Waals surface area contributed by atoms with Crippen molar-refractivity contribution in [3.05, 3.63) is 48.1 Å². The van der Waals surface area contributed by atoms with Crippen molar-refractivity contribution in [2.75, 3.05) is 5.32 Å². The van der Waals surface area contributed by atoms with Crippen LogP contribution in [0.15, 0.2) is 30.3 Å². The lowest BCUT2D eigenvalue weighted by atomic mass is 10.3. The zero-order chi connectivity index (χ0) is 11.5. The molecule has 5 heteroatoms.